The number of nitrogens with zero attached hydrogens (tertiary/aromatic N) is 1. The largest absolute Gasteiger partial charge is 0.309 e. The van der Waals surface area contributed by atoms with Gasteiger partial charge in [-0.2, -0.15) is 0 Å². The Morgan fingerprint density at radius 1 is 1.26 bits per heavy atom. The van der Waals surface area contributed by atoms with Gasteiger partial charge in [-0.05, 0) is 42.6 Å². The van der Waals surface area contributed by atoms with Crippen LogP contribution in [0.2, 0.25) is 0 Å². The second-order valence-corrected chi connectivity index (χ2v) is 6.26. The van der Waals surface area contributed by atoms with E-state index in [1.807, 2.05) is 11.3 Å². The third kappa shape index (κ3) is 3.06. The average Bonchev–Trinajstić information content (AvgIpc) is 2.92. The molecule has 2 heterocycles. The highest BCUT2D eigenvalue weighted by Crippen LogP contribution is 2.23. The lowest BCUT2D eigenvalue weighted by Gasteiger charge is -2.30. The van der Waals surface area contributed by atoms with Gasteiger partial charge in [0, 0.05) is 24.0 Å². The fourth-order valence-corrected chi connectivity index (χ4v) is 3.58. The van der Waals surface area contributed by atoms with Gasteiger partial charge in [-0.25, -0.2) is 0 Å². The molecule has 1 N–H and O–H groups in total. The van der Waals surface area contributed by atoms with Crippen LogP contribution >= 0.6 is 11.3 Å². The van der Waals surface area contributed by atoms with Gasteiger partial charge in [-0.3, -0.25) is 4.90 Å². The molecule has 19 heavy (non-hydrogen) atoms. The first kappa shape index (κ1) is 12.9. The normalized spacial score (nSPS) is 18.5. The van der Waals surface area contributed by atoms with Crippen molar-refractivity contribution < 1.29 is 0 Å². The zero-order chi connectivity index (χ0) is 13.1. The van der Waals surface area contributed by atoms with Crippen LogP contribution in [0.5, 0.6) is 0 Å². The van der Waals surface area contributed by atoms with Gasteiger partial charge in [0.25, 0.3) is 0 Å². The fraction of sp³-hybridized carbons (Fsp3) is 0.375. The molecule has 1 unspecified atom stereocenters. The van der Waals surface area contributed by atoms with Gasteiger partial charge in [-0.15, -0.1) is 11.3 Å². The number of rotatable bonds is 4. The van der Waals surface area contributed by atoms with E-state index in [1.165, 1.54) is 16.0 Å². The van der Waals surface area contributed by atoms with Crippen LogP contribution in [-0.2, 0) is 13.0 Å². The van der Waals surface area contributed by atoms with Gasteiger partial charge in [-0.1, -0.05) is 30.3 Å². The number of likely N-dealkylation sites (N-methyl/N-ethyl adjacent to an activating group) is 1. The third-order valence-corrected chi connectivity index (χ3v) is 4.58. The van der Waals surface area contributed by atoms with Gasteiger partial charge in [0.1, 0.15) is 0 Å². The number of thiophene rings is 1. The molecule has 1 aromatic heterocycles. The standard InChI is InChI=1S/C16H20N2S/c1-18(11-14-6-4-10-19-14)12-16-15-7-3-2-5-13(15)8-9-17-16/h2-7,10,16-17H,8-9,11-12H2,1H3. The van der Waals surface area contributed by atoms with E-state index in [4.69, 9.17) is 0 Å². The van der Waals surface area contributed by atoms with Crippen LogP contribution in [0.4, 0.5) is 0 Å². The minimum atomic E-state index is 0.468. The Hall–Kier alpha value is -1.16. The van der Waals surface area contributed by atoms with Crippen LogP contribution in [0.3, 0.4) is 0 Å². The molecule has 3 heteroatoms. The summed E-state index contributed by atoms with van der Waals surface area (Å²) in [6, 6.07) is 13.6. The number of hydrogen-bond donors (Lipinski definition) is 1. The molecule has 1 aliphatic heterocycles. The molecule has 1 aliphatic rings. The van der Waals surface area contributed by atoms with Crippen LogP contribution in [-0.4, -0.2) is 25.0 Å². The molecule has 0 bridgehead atoms. The highest BCUT2D eigenvalue weighted by molar-refractivity contribution is 7.09. The predicted octanol–water partition coefficient (Wildman–Crippen LogP) is 3.07. The third-order valence-electron chi connectivity index (χ3n) is 3.72. The van der Waals surface area contributed by atoms with Crippen molar-refractivity contribution in [2.24, 2.45) is 0 Å². The van der Waals surface area contributed by atoms with Crippen molar-refractivity contribution in [3.05, 3.63) is 57.8 Å². The number of hydrogen-bond acceptors (Lipinski definition) is 3. The van der Waals surface area contributed by atoms with Crippen molar-refractivity contribution in [3.63, 3.8) is 0 Å². The minimum Gasteiger partial charge on any atom is -0.309 e. The Morgan fingerprint density at radius 2 is 2.16 bits per heavy atom. The molecule has 0 saturated heterocycles. The van der Waals surface area contributed by atoms with Crippen molar-refractivity contribution in [3.8, 4) is 0 Å². The summed E-state index contributed by atoms with van der Waals surface area (Å²) in [6.45, 7) is 3.20. The topological polar surface area (TPSA) is 15.3 Å². The lowest BCUT2D eigenvalue weighted by atomic mass is 9.94. The molecular formula is C16H20N2S. The van der Waals surface area contributed by atoms with Crippen LogP contribution in [0.1, 0.15) is 22.0 Å². The molecule has 1 aromatic carbocycles. The summed E-state index contributed by atoms with van der Waals surface area (Å²) < 4.78 is 0. The Bertz CT molecular complexity index is 521. The first-order chi connectivity index (χ1) is 9.33. The van der Waals surface area contributed by atoms with Gasteiger partial charge in [0.05, 0.1) is 0 Å². The summed E-state index contributed by atoms with van der Waals surface area (Å²) in [4.78, 5) is 3.84. The highest BCUT2D eigenvalue weighted by atomic mass is 32.1. The Labute approximate surface area is 119 Å². The highest BCUT2D eigenvalue weighted by Gasteiger charge is 2.20. The van der Waals surface area contributed by atoms with E-state index in [1.54, 1.807) is 0 Å². The molecule has 0 aliphatic carbocycles. The van der Waals surface area contributed by atoms with Crippen molar-refractivity contribution in [1.82, 2.24) is 10.2 Å². The SMILES string of the molecule is CN(Cc1cccs1)CC1NCCc2ccccc21. The molecular weight excluding hydrogens is 252 g/mol. The smallest absolute Gasteiger partial charge is 0.0452 e. The zero-order valence-electron chi connectivity index (χ0n) is 11.3. The maximum Gasteiger partial charge on any atom is 0.0452 e. The van der Waals surface area contributed by atoms with Crippen LogP contribution in [0.25, 0.3) is 0 Å². The molecule has 3 rings (SSSR count). The lowest BCUT2D eigenvalue weighted by Crippen LogP contribution is -2.37. The average molecular weight is 272 g/mol. The molecule has 2 aromatic rings. The Morgan fingerprint density at radius 3 is 3.00 bits per heavy atom. The number of benzene rings is 1. The first-order valence-electron chi connectivity index (χ1n) is 6.85. The maximum absolute atomic E-state index is 3.65. The van der Waals surface area contributed by atoms with E-state index in [0.29, 0.717) is 6.04 Å². The van der Waals surface area contributed by atoms with Crippen molar-refractivity contribution in [2.45, 2.75) is 19.0 Å². The quantitative estimate of drug-likeness (QED) is 0.920. The molecule has 0 spiro atoms. The van der Waals surface area contributed by atoms with Crippen LogP contribution in [0, 0.1) is 0 Å². The molecule has 0 radical (unpaired) electrons. The summed E-state index contributed by atoms with van der Waals surface area (Å²) in [5.74, 6) is 0. The Balaban J connectivity index is 1.67. The van der Waals surface area contributed by atoms with Gasteiger partial charge in [0.2, 0.25) is 0 Å². The number of nitrogens with one attached hydrogen (secondary N) is 1. The summed E-state index contributed by atoms with van der Waals surface area (Å²) in [6.07, 6.45) is 1.15. The summed E-state index contributed by atoms with van der Waals surface area (Å²) in [5, 5.41) is 5.80. The van der Waals surface area contributed by atoms with Crippen molar-refractivity contribution >= 4 is 11.3 Å². The summed E-state index contributed by atoms with van der Waals surface area (Å²) >= 11 is 1.84. The predicted molar refractivity (Wildman–Crippen MR) is 81.5 cm³/mol. The summed E-state index contributed by atoms with van der Waals surface area (Å²) in [5.41, 5.74) is 2.99. The molecule has 0 fully saturated rings. The van der Waals surface area contributed by atoms with E-state index in [9.17, 15) is 0 Å². The van der Waals surface area contributed by atoms with Crippen molar-refractivity contribution in [2.75, 3.05) is 20.1 Å². The van der Waals surface area contributed by atoms with Crippen molar-refractivity contribution in [1.29, 1.82) is 0 Å². The molecule has 2 nitrogen and oxygen atoms in total. The fourth-order valence-electron chi connectivity index (χ4n) is 2.80. The van der Waals surface area contributed by atoms with E-state index < -0.39 is 0 Å². The van der Waals surface area contributed by atoms with E-state index >= 15 is 0 Å². The maximum atomic E-state index is 3.65. The van der Waals surface area contributed by atoms with E-state index in [2.05, 4.69) is 59.0 Å². The molecule has 1 atom stereocenters. The zero-order valence-corrected chi connectivity index (χ0v) is 12.1. The molecule has 0 amide bonds. The van der Waals surface area contributed by atoms with Gasteiger partial charge in [0.15, 0.2) is 0 Å². The van der Waals surface area contributed by atoms with E-state index in [0.717, 1.165) is 26.1 Å². The van der Waals surface area contributed by atoms with Crippen LogP contribution < -0.4 is 5.32 Å². The second-order valence-electron chi connectivity index (χ2n) is 5.23. The minimum absolute atomic E-state index is 0.468. The Kier molecular flexibility index (Phi) is 3.97. The lowest BCUT2D eigenvalue weighted by molar-refractivity contribution is 0.280. The summed E-state index contributed by atoms with van der Waals surface area (Å²) in [7, 11) is 2.21. The monoisotopic (exact) mass is 272 g/mol. The van der Waals surface area contributed by atoms with Gasteiger partial charge < -0.3 is 5.32 Å². The molecule has 0 saturated carbocycles. The first-order valence-corrected chi connectivity index (χ1v) is 7.73. The second kappa shape index (κ2) is 5.87. The number of fused-ring (bicyclic) bond motifs is 1. The molecule has 100 valence electrons. The van der Waals surface area contributed by atoms with Gasteiger partial charge >= 0.3 is 0 Å². The van der Waals surface area contributed by atoms with E-state index in [-0.39, 0.29) is 0 Å². The van der Waals surface area contributed by atoms with Crippen LogP contribution in [0.15, 0.2) is 41.8 Å².